The number of carboxylic acids is 1. The number of nitrogens with one attached hydrogen (secondary N) is 1. The molecule has 2 N–H and O–H groups in total. The smallest absolute Gasteiger partial charge is 0.407 e. The summed E-state index contributed by atoms with van der Waals surface area (Å²) in [7, 11) is 0. The van der Waals surface area contributed by atoms with E-state index in [0.717, 1.165) is 55.5 Å². The molecule has 1 aliphatic rings. The molecule has 0 unspecified atom stereocenters. The average Bonchev–Trinajstić information content (AvgIpc) is 3.00. The van der Waals surface area contributed by atoms with Gasteiger partial charge in [-0.2, -0.15) is 5.10 Å². The highest BCUT2D eigenvalue weighted by Gasteiger charge is 2.23. The van der Waals surface area contributed by atoms with Crippen LogP contribution in [0, 0.1) is 6.92 Å². The van der Waals surface area contributed by atoms with E-state index >= 15 is 0 Å². The lowest BCUT2D eigenvalue weighted by molar-refractivity contribution is 0.0524. The molecule has 2 heterocycles. The van der Waals surface area contributed by atoms with Crippen molar-refractivity contribution in [2.24, 2.45) is 0 Å². The van der Waals surface area contributed by atoms with Crippen LogP contribution < -0.4 is 5.32 Å². The Balaban J connectivity index is 1.51. The first-order valence-electron chi connectivity index (χ1n) is 10.6. The molecule has 2 aromatic rings. The maximum absolute atomic E-state index is 11.7. The lowest BCUT2D eigenvalue weighted by Crippen LogP contribution is -2.37. The molecule has 0 aliphatic carbocycles. The van der Waals surface area contributed by atoms with E-state index in [0.29, 0.717) is 12.1 Å². The molecule has 1 amide bonds. The van der Waals surface area contributed by atoms with Crippen LogP contribution in [0.25, 0.3) is 10.9 Å². The van der Waals surface area contributed by atoms with Gasteiger partial charge in [-0.05, 0) is 65.6 Å². The van der Waals surface area contributed by atoms with Gasteiger partial charge in [-0.25, -0.2) is 9.59 Å². The minimum absolute atomic E-state index is 0.265. The van der Waals surface area contributed by atoms with Gasteiger partial charge in [0.05, 0.1) is 22.8 Å². The van der Waals surface area contributed by atoms with Gasteiger partial charge in [0.15, 0.2) is 0 Å². The number of likely N-dealkylation sites (tertiary alicyclic amines) is 1. The second-order valence-corrected chi connectivity index (χ2v) is 8.92. The number of ether oxygens (including phenoxy) is 1. The van der Waals surface area contributed by atoms with Gasteiger partial charge < -0.3 is 20.1 Å². The first-order valence-corrected chi connectivity index (χ1v) is 10.6. The molecule has 1 aromatic carbocycles. The molecule has 0 spiro atoms. The third-order valence-electron chi connectivity index (χ3n) is 5.36. The Morgan fingerprint density at radius 3 is 2.60 bits per heavy atom. The molecular formula is C22H32N4O4. The topological polar surface area (TPSA) is 96.7 Å². The van der Waals surface area contributed by atoms with Crippen molar-refractivity contribution in [1.29, 1.82) is 0 Å². The van der Waals surface area contributed by atoms with Gasteiger partial charge in [0.1, 0.15) is 5.60 Å². The SMILES string of the molecule is Cc1nn(C2CCN(CCCNC(=O)OC(C)(C)C)CC2)c2cc(C(=O)O)ccc12. The lowest BCUT2D eigenvalue weighted by atomic mass is 10.0. The van der Waals surface area contributed by atoms with Crippen molar-refractivity contribution in [2.75, 3.05) is 26.2 Å². The molecule has 0 saturated carbocycles. The summed E-state index contributed by atoms with van der Waals surface area (Å²) in [6, 6.07) is 5.48. The van der Waals surface area contributed by atoms with Crippen LogP contribution in [0.3, 0.4) is 0 Å². The number of fused-ring (bicyclic) bond motifs is 1. The summed E-state index contributed by atoms with van der Waals surface area (Å²) in [5, 5.41) is 17.8. The molecule has 1 fully saturated rings. The minimum atomic E-state index is -0.919. The summed E-state index contributed by atoms with van der Waals surface area (Å²) in [5.41, 5.74) is 1.63. The van der Waals surface area contributed by atoms with Crippen LogP contribution in [0.4, 0.5) is 4.79 Å². The first kappa shape index (κ1) is 22.1. The molecule has 0 atom stereocenters. The maximum Gasteiger partial charge on any atom is 0.407 e. The summed E-state index contributed by atoms with van der Waals surface area (Å²) in [4.78, 5) is 25.4. The van der Waals surface area contributed by atoms with Crippen LogP contribution in [0.15, 0.2) is 18.2 Å². The zero-order valence-electron chi connectivity index (χ0n) is 18.3. The lowest BCUT2D eigenvalue weighted by Gasteiger charge is -2.32. The number of piperidine rings is 1. The van der Waals surface area contributed by atoms with Gasteiger partial charge >= 0.3 is 12.1 Å². The van der Waals surface area contributed by atoms with Crippen LogP contribution in [-0.2, 0) is 4.74 Å². The van der Waals surface area contributed by atoms with Crippen LogP contribution in [0.2, 0.25) is 0 Å². The highest BCUT2D eigenvalue weighted by atomic mass is 16.6. The van der Waals surface area contributed by atoms with Crippen molar-refractivity contribution in [1.82, 2.24) is 20.0 Å². The van der Waals surface area contributed by atoms with E-state index < -0.39 is 11.6 Å². The van der Waals surface area contributed by atoms with Gasteiger partial charge in [-0.1, -0.05) is 6.07 Å². The van der Waals surface area contributed by atoms with Gasteiger partial charge in [-0.3, -0.25) is 4.68 Å². The molecule has 8 heteroatoms. The number of alkyl carbamates (subject to hydrolysis) is 1. The van der Waals surface area contributed by atoms with Gasteiger partial charge in [0.25, 0.3) is 0 Å². The van der Waals surface area contributed by atoms with E-state index in [1.165, 1.54) is 0 Å². The summed E-state index contributed by atoms with van der Waals surface area (Å²) in [6.07, 6.45) is 2.43. The maximum atomic E-state index is 11.7. The van der Waals surface area contributed by atoms with Crippen LogP contribution in [0.5, 0.6) is 0 Å². The second-order valence-electron chi connectivity index (χ2n) is 8.92. The molecule has 0 bridgehead atoms. The van der Waals surface area contributed by atoms with E-state index in [1.54, 1.807) is 12.1 Å². The number of amides is 1. The average molecular weight is 417 g/mol. The zero-order chi connectivity index (χ0) is 21.9. The Morgan fingerprint density at radius 2 is 1.97 bits per heavy atom. The molecule has 8 nitrogen and oxygen atoms in total. The first-order chi connectivity index (χ1) is 14.1. The van der Waals surface area contributed by atoms with Crippen LogP contribution in [0.1, 0.15) is 62.1 Å². The monoisotopic (exact) mass is 416 g/mol. The quantitative estimate of drug-likeness (QED) is 0.699. The normalized spacial score (nSPS) is 16.0. The van der Waals surface area contributed by atoms with Gasteiger partial charge in [-0.15, -0.1) is 0 Å². The number of hydrogen-bond donors (Lipinski definition) is 2. The molecule has 30 heavy (non-hydrogen) atoms. The number of hydrogen-bond acceptors (Lipinski definition) is 5. The van der Waals surface area contributed by atoms with Gasteiger partial charge in [0, 0.05) is 25.0 Å². The Labute approximate surface area is 177 Å². The third kappa shape index (κ3) is 5.50. The molecule has 1 aromatic heterocycles. The van der Waals surface area contributed by atoms with Crippen molar-refractivity contribution in [3.8, 4) is 0 Å². The molecule has 1 saturated heterocycles. The fraction of sp³-hybridized carbons (Fsp3) is 0.591. The number of carbonyl (C=O) groups excluding carboxylic acids is 1. The molecule has 1 aliphatic heterocycles. The number of carboxylic acid groups (broad SMARTS) is 1. The molecule has 0 radical (unpaired) electrons. The van der Waals surface area contributed by atoms with Crippen LogP contribution in [-0.4, -0.2) is 63.6 Å². The Morgan fingerprint density at radius 1 is 1.27 bits per heavy atom. The number of rotatable bonds is 6. The number of nitrogens with zero attached hydrogens (tertiary/aromatic N) is 3. The second kappa shape index (κ2) is 9.04. The predicted molar refractivity (Wildman–Crippen MR) is 115 cm³/mol. The fourth-order valence-corrected chi connectivity index (χ4v) is 3.90. The Hall–Kier alpha value is -2.61. The molecule has 164 valence electrons. The van der Waals surface area contributed by atoms with E-state index in [2.05, 4.69) is 10.2 Å². The van der Waals surface area contributed by atoms with Crippen molar-refractivity contribution < 1.29 is 19.4 Å². The number of aryl methyl sites for hydroxylation is 1. The largest absolute Gasteiger partial charge is 0.478 e. The summed E-state index contributed by atoms with van der Waals surface area (Å²) in [6.45, 7) is 10.9. The summed E-state index contributed by atoms with van der Waals surface area (Å²) >= 11 is 0. The van der Waals surface area contributed by atoms with Crippen molar-refractivity contribution in [3.05, 3.63) is 29.5 Å². The summed E-state index contributed by atoms with van der Waals surface area (Å²) < 4.78 is 7.26. The van der Waals surface area contributed by atoms with Crippen molar-refractivity contribution in [3.63, 3.8) is 0 Å². The van der Waals surface area contributed by atoms with Crippen LogP contribution >= 0.6 is 0 Å². The molecular weight excluding hydrogens is 384 g/mol. The predicted octanol–water partition coefficient (Wildman–Crippen LogP) is 3.59. The fourth-order valence-electron chi connectivity index (χ4n) is 3.90. The standard InChI is InChI=1S/C22H32N4O4/c1-15-18-7-6-16(20(27)28)14-19(18)26(24-15)17-8-12-25(13-9-17)11-5-10-23-21(29)30-22(2,3)4/h6-7,14,17H,5,8-13H2,1-4H3,(H,23,29)(H,27,28). The van der Waals surface area contributed by atoms with Crippen molar-refractivity contribution >= 4 is 23.0 Å². The minimum Gasteiger partial charge on any atom is -0.478 e. The number of benzene rings is 1. The summed E-state index contributed by atoms with van der Waals surface area (Å²) in [5.74, 6) is -0.919. The zero-order valence-corrected chi connectivity index (χ0v) is 18.3. The van der Waals surface area contributed by atoms with Crippen molar-refractivity contribution in [2.45, 2.75) is 58.6 Å². The van der Waals surface area contributed by atoms with E-state index in [9.17, 15) is 14.7 Å². The molecule has 3 rings (SSSR count). The highest BCUT2D eigenvalue weighted by molar-refractivity contribution is 5.94. The number of aromatic carboxylic acids is 1. The third-order valence-corrected chi connectivity index (χ3v) is 5.36. The Kier molecular flexibility index (Phi) is 6.65. The number of aromatic nitrogens is 2. The number of carbonyl (C=O) groups is 2. The van der Waals surface area contributed by atoms with E-state index in [1.807, 2.05) is 38.4 Å². The Bertz CT molecular complexity index is 908. The highest BCUT2D eigenvalue weighted by Crippen LogP contribution is 2.28. The van der Waals surface area contributed by atoms with E-state index in [-0.39, 0.29) is 12.1 Å². The van der Waals surface area contributed by atoms with E-state index in [4.69, 9.17) is 9.84 Å². The van der Waals surface area contributed by atoms with Gasteiger partial charge in [0.2, 0.25) is 0 Å².